The molecule has 3 N–H and O–H groups in total. The Morgan fingerprint density at radius 3 is 2.76 bits per heavy atom. The average molecular weight is 341 g/mol. The number of hydrogen-bond acceptors (Lipinski definition) is 5. The Kier molecular flexibility index (Phi) is 4.90. The first kappa shape index (κ1) is 16.8. The maximum absolute atomic E-state index is 12.4. The van der Waals surface area contributed by atoms with Crippen molar-refractivity contribution in [3.63, 3.8) is 0 Å². The lowest BCUT2D eigenvalue weighted by Crippen LogP contribution is -2.23. The molecule has 1 aromatic carbocycles. The van der Waals surface area contributed by atoms with Gasteiger partial charge in [-0.15, -0.1) is 0 Å². The van der Waals surface area contributed by atoms with Crippen molar-refractivity contribution < 1.29 is 9.90 Å². The SMILES string of the molecule is Cc1nc2nc[nH]n2c(=O)c1CCC(=O)Nc1ccc(CCO)cc1. The zero-order chi connectivity index (χ0) is 17.8. The highest BCUT2D eigenvalue weighted by molar-refractivity contribution is 5.90. The molecule has 8 nitrogen and oxygen atoms in total. The number of nitrogens with one attached hydrogen (secondary N) is 2. The Hall–Kier alpha value is -3.00. The third-order valence-corrected chi connectivity index (χ3v) is 3.97. The first-order valence-electron chi connectivity index (χ1n) is 8.00. The second kappa shape index (κ2) is 7.27. The number of anilines is 1. The van der Waals surface area contributed by atoms with Crippen molar-refractivity contribution in [3.8, 4) is 0 Å². The number of aliphatic hydroxyl groups is 1. The largest absolute Gasteiger partial charge is 0.396 e. The van der Waals surface area contributed by atoms with Crippen molar-refractivity contribution in [2.75, 3.05) is 11.9 Å². The number of carbonyl (C=O) groups excluding carboxylic acids is 1. The molecule has 0 fully saturated rings. The number of aryl methyl sites for hydroxylation is 1. The minimum atomic E-state index is -0.235. The maximum atomic E-state index is 12.4. The highest BCUT2D eigenvalue weighted by Crippen LogP contribution is 2.11. The Bertz CT molecular complexity index is 943. The highest BCUT2D eigenvalue weighted by atomic mass is 16.3. The number of amides is 1. The summed E-state index contributed by atoms with van der Waals surface area (Å²) in [6.07, 6.45) is 2.46. The molecule has 0 aliphatic carbocycles. The summed E-state index contributed by atoms with van der Waals surface area (Å²) >= 11 is 0. The minimum Gasteiger partial charge on any atom is -0.396 e. The molecule has 3 aromatic rings. The summed E-state index contributed by atoms with van der Waals surface area (Å²) in [5, 5.41) is 14.4. The van der Waals surface area contributed by atoms with Crippen LogP contribution in [0.1, 0.15) is 23.2 Å². The number of H-pyrrole nitrogens is 1. The third kappa shape index (κ3) is 3.74. The topological polar surface area (TPSA) is 112 Å². The van der Waals surface area contributed by atoms with E-state index in [2.05, 4.69) is 20.4 Å². The van der Waals surface area contributed by atoms with E-state index in [0.717, 1.165) is 5.56 Å². The highest BCUT2D eigenvalue weighted by Gasteiger charge is 2.13. The van der Waals surface area contributed by atoms with E-state index in [4.69, 9.17) is 5.11 Å². The van der Waals surface area contributed by atoms with Crippen LogP contribution in [0.4, 0.5) is 5.69 Å². The number of aromatic nitrogens is 4. The van der Waals surface area contributed by atoms with Crippen molar-refractivity contribution >= 4 is 17.4 Å². The van der Waals surface area contributed by atoms with Gasteiger partial charge in [0.1, 0.15) is 6.33 Å². The Labute approximate surface area is 143 Å². The van der Waals surface area contributed by atoms with E-state index in [-0.39, 0.29) is 24.5 Å². The van der Waals surface area contributed by atoms with Gasteiger partial charge in [0.15, 0.2) is 0 Å². The van der Waals surface area contributed by atoms with Crippen LogP contribution in [0, 0.1) is 6.92 Å². The van der Waals surface area contributed by atoms with E-state index >= 15 is 0 Å². The van der Waals surface area contributed by atoms with Crippen LogP contribution in [-0.2, 0) is 17.6 Å². The van der Waals surface area contributed by atoms with Crippen molar-refractivity contribution in [2.45, 2.75) is 26.2 Å². The Morgan fingerprint density at radius 2 is 2.04 bits per heavy atom. The minimum absolute atomic E-state index is 0.0926. The molecule has 0 atom stereocenters. The third-order valence-electron chi connectivity index (χ3n) is 3.97. The van der Waals surface area contributed by atoms with Crippen LogP contribution < -0.4 is 10.9 Å². The van der Waals surface area contributed by atoms with Gasteiger partial charge in [-0.25, -0.2) is 9.97 Å². The van der Waals surface area contributed by atoms with Gasteiger partial charge >= 0.3 is 0 Å². The molecule has 0 bridgehead atoms. The van der Waals surface area contributed by atoms with Gasteiger partial charge in [0.25, 0.3) is 11.3 Å². The van der Waals surface area contributed by atoms with E-state index in [1.54, 1.807) is 19.1 Å². The molecule has 0 radical (unpaired) electrons. The number of carbonyl (C=O) groups is 1. The first-order valence-corrected chi connectivity index (χ1v) is 8.00. The van der Waals surface area contributed by atoms with E-state index in [9.17, 15) is 9.59 Å². The van der Waals surface area contributed by atoms with Crippen molar-refractivity contribution in [1.82, 2.24) is 19.6 Å². The Balaban J connectivity index is 1.65. The summed E-state index contributed by atoms with van der Waals surface area (Å²) in [6.45, 7) is 1.83. The van der Waals surface area contributed by atoms with Crippen molar-refractivity contribution in [1.29, 1.82) is 0 Å². The van der Waals surface area contributed by atoms with Crippen molar-refractivity contribution in [2.24, 2.45) is 0 Å². The molecule has 3 rings (SSSR count). The number of aliphatic hydroxyl groups excluding tert-OH is 1. The normalized spacial score (nSPS) is 11.0. The van der Waals surface area contributed by atoms with Gasteiger partial charge < -0.3 is 10.4 Å². The van der Waals surface area contributed by atoms with Gasteiger partial charge in [0.05, 0.1) is 5.69 Å². The molecule has 0 spiro atoms. The van der Waals surface area contributed by atoms with Gasteiger partial charge in [0.2, 0.25) is 5.91 Å². The molecule has 8 heteroatoms. The van der Waals surface area contributed by atoms with Crippen LogP contribution in [0.2, 0.25) is 0 Å². The van der Waals surface area contributed by atoms with Crippen LogP contribution in [0.15, 0.2) is 35.4 Å². The second-order valence-electron chi connectivity index (χ2n) is 5.72. The summed E-state index contributed by atoms with van der Waals surface area (Å²) in [7, 11) is 0. The lowest BCUT2D eigenvalue weighted by atomic mass is 10.1. The zero-order valence-electron chi connectivity index (χ0n) is 13.8. The van der Waals surface area contributed by atoms with Crippen LogP contribution in [0.3, 0.4) is 0 Å². The van der Waals surface area contributed by atoms with E-state index in [1.807, 2.05) is 12.1 Å². The molecular weight excluding hydrogens is 322 g/mol. The molecular formula is C17H19N5O3. The second-order valence-corrected chi connectivity index (χ2v) is 5.72. The first-order chi connectivity index (χ1) is 12.1. The van der Waals surface area contributed by atoms with Gasteiger partial charge in [0, 0.05) is 24.3 Å². The van der Waals surface area contributed by atoms with E-state index in [0.29, 0.717) is 35.6 Å². The summed E-state index contributed by atoms with van der Waals surface area (Å²) in [4.78, 5) is 32.7. The molecule has 2 heterocycles. The smallest absolute Gasteiger partial charge is 0.277 e. The number of fused-ring (bicyclic) bond motifs is 1. The van der Waals surface area contributed by atoms with Crippen LogP contribution >= 0.6 is 0 Å². The number of rotatable bonds is 6. The van der Waals surface area contributed by atoms with Gasteiger partial charge in [-0.2, -0.15) is 4.52 Å². The molecule has 2 aromatic heterocycles. The number of benzene rings is 1. The standard InChI is InChI=1S/C17H19N5O3/c1-11-14(16(25)22-17(20-11)18-10-19-22)6-7-15(24)21-13-4-2-12(3-5-13)8-9-23/h2-5,10,23H,6-9H2,1H3,(H,21,24)(H,18,19,20). The number of hydrogen-bond donors (Lipinski definition) is 3. The maximum Gasteiger partial charge on any atom is 0.277 e. The molecule has 0 saturated carbocycles. The molecule has 0 saturated heterocycles. The monoisotopic (exact) mass is 341 g/mol. The van der Waals surface area contributed by atoms with E-state index in [1.165, 1.54) is 10.8 Å². The zero-order valence-corrected chi connectivity index (χ0v) is 13.8. The Morgan fingerprint density at radius 1 is 1.28 bits per heavy atom. The lowest BCUT2D eigenvalue weighted by molar-refractivity contribution is -0.116. The fourth-order valence-corrected chi connectivity index (χ4v) is 2.63. The fraction of sp³-hybridized carbons (Fsp3) is 0.294. The van der Waals surface area contributed by atoms with Crippen LogP contribution in [0.5, 0.6) is 0 Å². The molecule has 0 aliphatic heterocycles. The van der Waals surface area contributed by atoms with E-state index < -0.39 is 0 Å². The molecule has 1 amide bonds. The van der Waals surface area contributed by atoms with Crippen LogP contribution in [-0.4, -0.2) is 37.2 Å². The summed E-state index contributed by atoms with van der Waals surface area (Å²) < 4.78 is 1.26. The fourth-order valence-electron chi connectivity index (χ4n) is 2.63. The molecule has 25 heavy (non-hydrogen) atoms. The summed E-state index contributed by atoms with van der Waals surface area (Å²) in [6, 6.07) is 7.30. The lowest BCUT2D eigenvalue weighted by Gasteiger charge is -2.07. The predicted octanol–water partition coefficient (Wildman–Crippen LogP) is 0.832. The van der Waals surface area contributed by atoms with Gasteiger partial charge in [-0.1, -0.05) is 12.1 Å². The van der Waals surface area contributed by atoms with Crippen LogP contribution in [0.25, 0.3) is 5.78 Å². The molecule has 130 valence electrons. The average Bonchev–Trinajstić information content (AvgIpc) is 3.05. The predicted molar refractivity (Wildman–Crippen MR) is 92.5 cm³/mol. The van der Waals surface area contributed by atoms with Gasteiger partial charge in [-0.3, -0.25) is 14.7 Å². The molecule has 0 aliphatic rings. The number of nitrogens with zero attached hydrogens (tertiary/aromatic N) is 3. The van der Waals surface area contributed by atoms with Gasteiger partial charge in [-0.05, 0) is 37.5 Å². The quantitative estimate of drug-likeness (QED) is 0.615. The summed E-state index contributed by atoms with van der Waals surface area (Å²) in [5.74, 6) is 0.141. The summed E-state index contributed by atoms with van der Waals surface area (Å²) in [5.41, 5.74) is 2.53. The molecule has 0 unspecified atom stereocenters. The van der Waals surface area contributed by atoms with Crippen molar-refractivity contribution in [3.05, 3.63) is 57.8 Å². The number of aromatic amines is 1.